The van der Waals surface area contributed by atoms with Crippen molar-refractivity contribution in [3.05, 3.63) is 29.6 Å². The van der Waals surface area contributed by atoms with Gasteiger partial charge in [-0.05, 0) is 85.0 Å². The van der Waals surface area contributed by atoms with Gasteiger partial charge in [-0.15, -0.1) is 0 Å². The van der Waals surface area contributed by atoms with Crippen LogP contribution in [0.3, 0.4) is 0 Å². The maximum atomic E-state index is 14.4. The van der Waals surface area contributed by atoms with Gasteiger partial charge in [-0.3, -0.25) is 4.79 Å². The van der Waals surface area contributed by atoms with Gasteiger partial charge in [-0.2, -0.15) is 0 Å². The summed E-state index contributed by atoms with van der Waals surface area (Å²) in [7, 11) is -0.744. The zero-order chi connectivity index (χ0) is 23.9. The fraction of sp³-hybridized carbons (Fsp3) is 0.652. The summed E-state index contributed by atoms with van der Waals surface area (Å²) in [5.41, 5.74) is -0.941. The van der Waals surface area contributed by atoms with Gasteiger partial charge in [0.2, 0.25) is 0 Å². The number of alkyl carbamates (subject to hydrolysis) is 1. The van der Waals surface area contributed by atoms with Crippen molar-refractivity contribution in [1.82, 2.24) is 10.2 Å². The van der Waals surface area contributed by atoms with Crippen molar-refractivity contribution in [2.75, 3.05) is 13.1 Å². The van der Waals surface area contributed by atoms with Gasteiger partial charge in [0.1, 0.15) is 11.4 Å². The number of piperidine rings is 1. The largest absolute Gasteiger partial charge is 0.494 e. The minimum Gasteiger partial charge on any atom is -0.444 e. The van der Waals surface area contributed by atoms with Crippen molar-refractivity contribution < 1.29 is 28.0 Å². The molecule has 32 heavy (non-hydrogen) atoms. The molecular formula is C23H34BFN2O5. The van der Waals surface area contributed by atoms with Crippen LogP contribution in [0.5, 0.6) is 0 Å². The summed E-state index contributed by atoms with van der Waals surface area (Å²) in [6.07, 6.45) is 0.744. The van der Waals surface area contributed by atoms with Gasteiger partial charge >= 0.3 is 13.2 Å². The minimum atomic E-state index is -0.744. The molecule has 0 aliphatic carbocycles. The highest BCUT2D eigenvalue weighted by molar-refractivity contribution is 6.62. The molecule has 9 heteroatoms. The summed E-state index contributed by atoms with van der Waals surface area (Å²) >= 11 is 0. The Labute approximate surface area is 190 Å². The van der Waals surface area contributed by atoms with Gasteiger partial charge in [-0.1, -0.05) is 0 Å². The molecule has 0 radical (unpaired) electrons. The maximum absolute atomic E-state index is 14.4. The number of hydrogen-bond donors (Lipinski definition) is 1. The first kappa shape index (κ1) is 24.5. The molecule has 0 saturated carbocycles. The zero-order valence-electron chi connectivity index (χ0n) is 20.1. The summed E-state index contributed by atoms with van der Waals surface area (Å²) in [6, 6.07) is 4.15. The van der Waals surface area contributed by atoms with E-state index in [1.807, 2.05) is 48.5 Å². The number of halogens is 1. The van der Waals surface area contributed by atoms with Crippen molar-refractivity contribution in [1.29, 1.82) is 0 Å². The Bertz CT molecular complexity index is 860. The Hall–Kier alpha value is -2.13. The van der Waals surface area contributed by atoms with E-state index in [1.54, 1.807) is 11.0 Å². The van der Waals surface area contributed by atoms with Crippen molar-refractivity contribution in [3.63, 3.8) is 0 Å². The lowest BCUT2D eigenvalue weighted by Gasteiger charge is -2.33. The van der Waals surface area contributed by atoms with Crippen LogP contribution in [-0.4, -0.2) is 60.0 Å². The molecular weight excluding hydrogens is 414 g/mol. The number of carbonyl (C=O) groups excluding carboxylic acids is 2. The van der Waals surface area contributed by atoms with Gasteiger partial charge in [0.05, 0.1) is 11.2 Å². The molecule has 1 aromatic rings. The summed E-state index contributed by atoms with van der Waals surface area (Å²) in [4.78, 5) is 26.7. The molecule has 0 spiro atoms. The van der Waals surface area contributed by atoms with Crippen LogP contribution in [0.15, 0.2) is 18.2 Å². The lowest BCUT2D eigenvalue weighted by molar-refractivity contribution is 0.00578. The number of ether oxygens (including phenoxy) is 1. The molecule has 2 aliphatic heterocycles. The van der Waals surface area contributed by atoms with E-state index in [1.165, 1.54) is 12.1 Å². The second-order valence-corrected chi connectivity index (χ2v) is 10.6. The first-order valence-corrected chi connectivity index (χ1v) is 11.1. The third-order valence-electron chi connectivity index (χ3n) is 6.20. The highest BCUT2D eigenvalue weighted by Gasteiger charge is 2.52. The number of benzene rings is 1. The van der Waals surface area contributed by atoms with Crippen molar-refractivity contribution in [2.45, 2.75) is 84.2 Å². The molecule has 0 atom stereocenters. The van der Waals surface area contributed by atoms with Crippen LogP contribution in [0.4, 0.5) is 9.18 Å². The Balaban J connectivity index is 1.64. The molecule has 176 valence electrons. The topological polar surface area (TPSA) is 77.1 Å². The minimum absolute atomic E-state index is 0.0678. The number of amides is 2. The Morgan fingerprint density at radius 1 is 1.09 bits per heavy atom. The highest BCUT2D eigenvalue weighted by atomic mass is 19.1. The molecule has 3 rings (SSSR count). The number of nitrogens with zero attached hydrogens (tertiary/aromatic N) is 1. The molecule has 2 saturated heterocycles. The Kier molecular flexibility index (Phi) is 6.64. The fourth-order valence-corrected chi connectivity index (χ4v) is 3.73. The van der Waals surface area contributed by atoms with Crippen LogP contribution in [0.1, 0.15) is 71.7 Å². The Morgan fingerprint density at radius 3 is 2.19 bits per heavy atom. The van der Waals surface area contributed by atoms with Gasteiger partial charge < -0.3 is 24.3 Å². The van der Waals surface area contributed by atoms with Crippen LogP contribution >= 0.6 is 0 Å². The summed E-state index contributed by atoms with van der Waals surface area (Å²) < 4.78 is 31.7. The molecule has 0 bridgehead atoms. The third kappa shape index (κ3) is 5.62. The van der Waals surface area contributed by atoms with Gasteiger partial charge in [0.15, 0.2) is 0 Å². The van der Waals surface area contributed by atoms with Gasteiger partial charge in [-0.25, -0.2) is 9.18 Å². The molecule has 2 amide bonds. The van der Waals surface area contributed by atoms with Crippen LogP contribution < -0.4 is 10.8 Å². The molecule has 0 unspecified atom stereocenters. The summed E-state index contributed by atoms with van der Waals surface area (Å²) in [5.74, 6) is -0.764. The first-order chi connectivity index (χ1) is 14.7. The predicted octanol–water partition coefficient (Wildman–Crippen LogP) is 3.25. The SMILES string of the molecule is CC(C)(C)OC(=O)NC1CCN(C(=O)c2cc(F)cc(B3OC(C)(C)C(C)(C)O3)c2)CC1. The highest BCUT2D eigenvalue weighted by Crippen LogP contribution is 2.36. The van der Waals surface area contributed by atoms with E-state index in [2.05, 4.69) is 5.32 Å². The van der Waals surface area contributed by atoms with Crippen molar-refractivity contribution in [3.8, 4) is 0 Å². The first-order valence-electron chi connectivity index (χ1n) is 11.1. The average Bonchev–Trinajstić information content (AvgIpc) is 2.87. The standard InChI is InChI=1S/C23H34BFN2O5/c1-21(2,3)30-20(29)26-18-8-10-27(11-9-18)19(28)15-12-16(14-17(25)13-15)24-31-22(4,5)23(6,7)32-24/h12-14,18H,8-11H2,1-7H3,(H,26,29). The quantitative estimate of drug-likeness (QED) is 0.719. The number of nitrogens with one attached hydrogen (secondary N) is 1. The zero-order valence-corrected chi connectivity index (χ0v) is 20.1. The van der Waals surface area contributed by atoms with Crippen LogP contribution in [0.2, 0.25) is 0 Å². The molecule has 7 nitrogen and oxygen atoms in total. The summed E-state index contributed by atoms with van der Waals surface area (Å²) in [5, 5.41) is 2.85. The van der Waals surface area contributed by atoms with Gasteiger partial charge in [0.25, 0.3) is 5.91 Å². The molecule has 1 N–H and O–H groups in total. The van der Waals surface area contributed by atoms with E-state index in [0.717, 1.165) is 0 Å². The molecule has 0 aromatic heterocycles. The van der Waals surface area contributed by atoms with Crippen molar-refractivity contribution in [2.24, 2.45) is 0 Å². The van der Waals surface area contributed by atoms with E-state index in [-0.39, 0.29) is 17.5 Å². The third-order valence-corrected chi connectivity index (χ3v) is 6.20. The number of hydrogen-bond acceptors (Lipinski definition) is 5. The van der Waals surface area contributed by atoms with E-state index in [9.17, 15) is 14.0 Å². The lowest BCUT2D eigenvalue weighted by atomic mass is 9.78. The normalized spacial score (nSPS) is 20.9. The predicted molar refractivity (Wildman–Crippen MR) is 120 cm³/mol. The smallest absolute Gasteiger partial charge is 0.444 e. The van der Waals surface area contributed by atoms with Crippen molar-refractivity contribution >= 4 is 24.6 Å². The van der Waals surface area contributed by atoms with Crippen LogP contribution in [0.25, 0.3) is 0 Å². The lowest BCUT2D eigenvalue weighted by Crippen LogP contribution is -2.47. The monoisotopic (exact) mass is 448 g/mol. The molecule has 2 fully saturated rings. The second kappa shape index (κ2) is 8.67. The fourth-order valence-electron chi connectivity index (χ4n) is 3.73. The van der Waals surface area contributed by atoms with E-state index >= 15 is 0 Å². The van der Waals surface area contributed by atoms with Gasteiger partial charge in [0, 0.05) is 24.7 Å². The van der Waals surface area contributed by atoms with Crippen LogP contribution in [0, 0.1) is 5.82 Å². The van der Waals surface area contributed by atoms with E-state index < -0.39 is 35.8 Å². The average molecular weight is 448 g/mol. The second-order valence-electron chi connectivity index (χ2n) is 10.6. The Morgan fingerprint density at radius 2 is 1.66 bits per heavy atom. The van der Waals surface area contributed by atoms with Crippen LogP contribution in [-0.2, 0) is 14.0 Å². The molecule has 1 aromatic carbocycles. The maximum Gasteiger partial charge on any atom is 0.494 e. The molecule has 2 aliphatic rings. The van der Waals surface area contributed by atoms with E-state index in [0.29, 0.717) is 31.4 Å². The molecule has 2 heterocycles. The number of likely N-dealkylation sites (tertiary alicyclic amines) is 1. The number of carbonyl (C=O) groups is 2. The number of rotatable bonds is 3. The van der Waals surface area contributed by atoms with E-state index in [4.69, 9.17) is 14.0 Å². The summed E-state index contributed by atoms with van der Waals surface area (Å²) in [6.45, 7) is 14.0.